The molecule has 3 aromatic carbocycles. The standard InChI is InChI=1S/C30H28N4O6S/c1-5-32(6-2)29(37)25-17(3)31-30-33(27(25)26-21-10-8-7-9-18(21)11-14-23(26)40-4)28(36)24(41-30)16-19-15-20(34(38)39)12-13-22(19)35/h7-16,27,35H,5-6H2,1-4H3/b24-16+/t27-/m0/s1. The predicted octanol–water partition coefficient (Wildman–Crippen LogP) is 3.88. The summed E-state index contributed by atoms with van der Waals surface area (Å²) in [6, 6.07) is 14.2. The van der Waals surface area contributed by atoms with Gasteiger partial charge in [-0.1, -0.05) is 41.7 Å². The Balaban J connectivity index is 1.85. The number of benzene rings is 3. The van der Waals surface area contributed by atoms with Gasteiger partial charge >= 0.3 is 0 Å². The number of hydrogen-bond donors (Lipinski definition) is 1. The van der Waals surface area contributed by atoms with Gasteiger partial charge in [-0.3, -0.25) is 24.3 Å². The maximum absolute atomic E-state index is 14.1. The fourth-order valence-corrected chi connectivity index (χ4v) is 6.23. The van der Waals surface area contributed by atoms with E-state index in [1.54, 1.807) is 18.9 Å². The van der Waals surface area contributed by atoms with E-state index in [9.17, 15) is 24.8 Å². The zero-order chi connectivity index (χ0) is 29.4. The number of nitro benzene ring substituents is 1. The van der Waals surface area contributed by atoms with Gasteiger partial charge in [-0.25, -0.2) is 4.99 Å². The summed E-state index contributed by atoms with van der Waals surface area (Å²) in [5.41, 5.74) is 0.952. The molecular weight excluding hydrogens is 544 g/mol. The number of phenols is 1. The number of likely N-dealkylation sites (N-methyl/N-ethyl adjacent to an activating group) is 1. The van der Waals surface area contributed by atoms with Crippen molar-refractivity contribution in [3.8, 4) is 11.5 Å². The summed E-state index contributed by atoms with van der Waals surface area (Å²) in [7, 11) is 1.55. The minimum atomic E-state index is -0.860. The van der Waals surface area contributed by atoms with E-state index in [0.29, 0.717) is 40.5 Å². The fraction of sp³-hybridized carbons (Fsp3) is 0.233. The number of aromatic hydroxyl groups is 1. The van der Waals surface area contributed by atoms with Crippen LogP contribution in [0.4, 0.5) is 5.69 Å². The molecule has 0 radical (unpaired) electrons. The Hall–Kier alpha value is -4.77. The van der Waals surface area contributed by atoms with Gasteiger partial charge in [-0.2, -0.15) is 0 Å². The zero-order valence-electron chi connectivity index (χ0n) is 23.0. The average Bonchev–Trinajstić information content (AvgIpc) is 3.27. The first kappa shape index (κ1) is 27.8. The van der Waals surface area contributed by atoms with E-state index >= 15 is 0 Å². The number of nitrogens with zero attached hydrogens (tertiary/aromatic N) is 4. The molecule has 1 aliphatic rings. The lowest BCUT2D eigenvalue weighted by Crippen LogP contribution is -2.43. The number of phenolic OH excluding ortho intramolecular Hbond substituents is 1. The van der Waals surface area contributed by atoms with E-state index in [1.165, 1.54) is 28.8 Å². The van der Waals surface area contributed by atoms with Gasteiger partial charge in [0.15, 0.2) is 4.80 Å². The van der Waals surface area contributed by atoms with E-state index in [2.05, 4.69) is 4.99 Å². The normalized spacial score (nSPS) is 15.0. The molecule has 1 atom stereocenters. The van der Waals surface area contributed by atoms with Gasteiger partial charge in [0, 0.05) is 36.3 Å². The number of nitro groups is 1. The van der Waals surface area contributed by atoms with Crippen LogP contribution < -0.4 is 19.6 Å². The van der Waals surface area contributed by atoms with E-state index < -0.39 is 16.5 Å². The first-order valence-electron chi connectivity index (χ1n) is 13.0. The molecule has 0 saturated heterocycles. The van der Waals surface area contributed by atoms with Crippen LogP contribution in [0.2, 0.25) is 0 Å². The Morgan fingerprint density at radius 1 is 1.20 bits per heavy atom. The van der Waals surface area contributed by atoms with E-state index in [-0.39, 0.29) is 27.4 Å². The summed E-state index contributed by atoms with van der Waals surface area (Å²) >= 11 is 1.08. The Morgan fingerprint density at radius 3 is 2.61 bits per heavy atom. The van der Waals surface area contributed by atoms with Crippen LogP contribution in [-0.2, 0) is 4.79 Å². The third-order valence-electron chi connectivity index (χ3n) is 7.24. The van der Waals surface area contributed by atoms with Crippen LogP contribution in [0.3, 0.4) is 0 Å². The number of carbonyl (C=O) groups excluding carboxylic acids is 1. The SMILES string of the molecule is CCN(CC)C(=O)C1=C(C)N=c2s/c(=C/c3cc([N+](=O)[O-])ccc3O)c(=O)n2[C@@H]1c1c(OC)ccc2ccccc12. The molecule has 4 aromatic rings. The highest BCUT2D eigenvalue weighted by molar-refractivity contribution is 7.07. The monoisotopic (exact) mass is 572 g/mol. The van der Waals surface area contributed by atoms with Crippen LogP contribution in [0, 0.1) is 10.1 Å². The van der Waals surface area contributed by atoms with Crippen molar-refractivity contribution in [1.82, 2.24) is 9.47 Å². The highest BCUT2D eigenvalue weighted by Gasteiger charge is 2.36. The number of aromatic nitrogens is 1. The molecule has 5 rings (SSSR count). The number of fused-ring (bicyclic) bond motifs is 2. The fourth-order valence-electron chi connectivity index (χ4n) is 5.20. The molecule has 0 saturated carbocycles. The maximum Gasteiger partial charge on any atom is 0.271 e. The molecular formula is C30H28N4O6S. The summed E-state index contributed by atoms with van der Waals surface area (Å²) in [4.78, 5) is 45.6. The van der Waals surface area contributed by atoms with Crippen molar-refractivity contribution >= 4 is 39.8 Å². The summed E-state index contributed by atoms with van der Waals surface area (Å²) < 4.78 is 7.48. The second-order valence-electron chi connectivity index (χ2n) is 9.46. The van der Waals surface area contributed by atoms with Crippen molar-refractivity contribution in [1.29, 1.82) is 0 Å². The molecule has 10 nitrogen and oxygen atoms in total. The van der Waals surface area contributed by atoms with Crippen LogP contribution in [-0.4, -0.2) is 45.6 Å². The first-order chi connectivity index (χ1) is 19.7. The topological polar surface area (TPSA) is 127 Å². The molecule has 41 heavy (non-hydrogen) atoms. The number of hydrogen-bond acceptors (Lipinski definition) is 8. The molecule has 0 bridgehead atoms. The predicted molar refractivity (Wildman–Crippen MR) is 157 cm³/mol. The van der Waals surface area contributed by atoms with Gasteiger partial charge in [0.25, 0.3) is 17.2 Å². The van der Waals surface area contributed by atoms with Crippen LogP contribution in [0.15, 0.2) is 75.7 Å². The second kappa shape index (κ2) is 11.0. The van der Waals surface area contributed by atoms with Gasteiger partial charge < -0.3 is 14.7 Å². The summed E-state index contributed by atoms with van der Waals surface area (Å²) in [5, 5.41) is 23.5. The van der Waals surface area contributed by atoms with Crippen molar-refractivity contribution in [3.63, 3.8) is 0 Å². The van der Waals surface area contributed by atoms with Crippen molar-refractivity contribution in [2.24, 2.45) is 4.99 Å². The van der Waals surface area contributed by atoms with Crippen LogP contribution >= 0.6 is 11.3 Å². The minimum Gasteiger partial charge on any atom is -0.507 e. The number of carbonyl (C=O) groups is 1. The van der Waals surface area contributed by atoms with Crippen LogP contribution in [0.1, 0.15) is 37.9 Å². The second-order valence-corrected chi connectivity index (χ2v) is 10.5. The molecule has 1 aliphatic heterocycles. The highest BCUT2D eigenvalue weighted by atomic mass is 32.1. The van der Waals surface area contributed by atoms with E-state index in [4.69, 9.17) is 4.74 Å². The average molecular weight is 573 g/mol. The minimum absolute atomic E-state index is 0.124. The van der Waals surface area contributed by atoms with Crippen molar-refractivity contribution in [2.45, 2.75) is 26.8 Å². The lowest BCUT2D eigenvalue weighted by atomic mass is 9.90. The Bertz CT molecular complexity index is 1920. The van der Waals surface area contributed by atoms with E-state index in [0.717, 1.165) is 22.1 Å². The van der Waals surface area contributed by atoms with Gasteiger partial charge in [0.05, 0.1) is 27.8 Å². The molecule has 0 spiro atoms. The number of allylic oxidation sites excluding steroid dienone is 1. The molecule has 0 fully saturated rings. The van der Waals surface area contributed by atoms with Gasteiger partial charge in [-0.05, 0) is 49.8 Å². The summed E-state index contributed by atoms with van der Waals surface area (Å²) in [5.74, 6) is 0.0725. The molecule has 0 unspecified atom stereocenters. The largest absolute Gasteiger partial charge is 0.507 e. The Morgan fingerprint density at radius 2 is 1.93 bits per heavy atom. The molecule has 1 amide bonds. The first-order valence-corrected chi connectivity index (χ1v) is 13.9. The Kier molecular flexibility index (Phi) is 7.46. The zero-order valence-corrected chi connectivity index (χ0v) is 23.8. The summed E-state index contributed by atoms with van der Waals surface area (Å²) in [6.07, 6.45) is 1.41. The molecule has 1 N–H and O–H groups in total. The molecule has 2 heterocycles. The maximum atomic E-state index is 14.1. The number of non-ortho nitro benzene ring substituents is 1. The van der Waals surface area contributed by atoms with Gasteiger partial charge in [-0.15, -0.1) is 0 Å². The lowest BCUT2D eigenvalue weighted by molar-refractivity contribution is -0.384. The number of amides is 1. The smallest absolute Gasteiger partial charge is 0.271 e. The van der Waals surface area contributed by atoms with Gasteiger partial charge in [0.2, 0.25) is 0 Å². The molecule has 0 aliphatic carbocycles. The van der Waals surface area contributed by atoms with Gasteiger partial charge in [0.1, 0.15) is 17.5 Å². The molecule has 1 aromatic heterocycles. The van der Waals surface area contributed by atoms with Crippen molar-refractivity contribution < 1.29 is 19.6 Å². The number of methoxy groups -OCH3 is 1. The number of thiazole rings is 1. The third kappa shape index (κ3) is 4.78. The number of rotatable bonds is 7. The van der Waals surface area contributed by atoms with Crippen LogP contribution in [0.5, 0.6) is 11.5 Å². The van der Waals surface area contributed by atoms with Crippen molar-refractivity contribution in [2.75, 3.05) is 20.2 Å². The lowest BCUT2D eigenvalue weighted by Gasteiger charge is -2.30. The third-order valence-corrected chi connectivity index (χ3v) is 8.22. The highest BCUT2D eigenvalue weighted by Crippen LogP contribution is 2.40. The Labute approximate surface area is 238 Å². The molecule has 210 valence electrons. The van der Waals surface area contributed by atoms with E-state index in [1.807, 2.05) is 50.2 Å². The van der Waals surface area contributed by atoms with Crippen molar-refractivity contribution in [3.05, 3.63) is 107 Å². The molecule has 11 heteroatoms. The van der Waals surface area contributed by atoms with Crippen LogP contribution in [0.25, 0.3) is 16.8 Å². The quantitative estimate of drug-likeness (QED) is 0.265. The number of ether oxygens (including phenoxy) is 1. The summed E-state index contributed by atoms with van der Waals surface area (Å²) in [6.45, 7) is 6.49.